The second-order valence-corrected chi connectivity index (χ2v) is 4.38. The monoisotopic (exact) mass is 255 g/mol. The molecule has 0 radical (unpaired) electrons. The summed E-state index contributed by atoms with van der Waals surface area (Å²) in [5.41, 5.74) is 6.82. The van der Waals surface area contributed by atoms with Crippen molar-refractivity contribution in [1.29, 1.82) is 5.26 Å². The Morgan fingerprint density at radius 2 is 1.95 bits per heavy atom. The predicted molar refractivity (Wildman–Crippen MR) is 74.5 cm³/mol. The molecule has 0 bridgehead atoms. The lowest BCUT2D eigenvalue weighted by atomic mass is 10.2. The van der Waals surface area contributed by atoms with Gasteiger partial charge in [0.25, 0.3) is 0 Å². The normalized spacial score (nSPS) is 9.95. The average molecular weight is 255 g/mol. The Labute approximate surface area is 113 Å². The number of ether oxygens (including phenoxy) is 1. The van der Waals surface area contributed by atoms with E-state index >= 15 is 0 Å². The molecule has 2 aromatic rings. The third-order valence-corrected chi connectivity index (χ3v) is 2.91. The van der Waals surface area contributed by atoms with Crippen LogP contribution in [0.4, 0.5) is 0 Å². The number of benzene rings is 1. The van der Waals surface area contributed by atoms with Crippen LogP contribution in [0, 0.1) is 25.2 Å². The molecule has 2 rings (SSSR count). The van der Waals surface area contributed by atoms with Gasteiger partial charge in [-0.1, -0.05) is 12.1 Å². The molecule has 0 aliphatic carbocycles. The molecule has 4 nitrogen and oxygen atoms in total. The molecule has 0 aliphatic heterocycles. The van der Waals surface area contributed by atoms with Gasteiger partial charge in [-0.3, -0.25) is 4.68 Å². The van der Waals surface area contributed by atoms with E-state index in [1.165, 1.54) is 11.4 Å². The molecule has 0 atom stereocenters. The summed E-state index contributed by atoms with van der Waals surface area (Å²) < 4.78 is 7.34. The molecule has 0 amide bonds. The molecule has 0 spiro atoms. The topological polar surface area (TPSA) is 50.0 Å². The van der Waals surface area contributed by atoms with E-state index in [0.29, 0.717) is 6.54 Å². The quantitative estimate of drug-likeness (QED) is 0.893. The van der Waals surface area contributed by atoms with Gasteiger partial charge in [0.15, 0.2) is 6.61 Å². The van der Waals surface area contributed by atoms with Gasteiger partial charge in [-0.05, 0) is 43.7 Å². The summed E-state index contributed by atoms with van der Waals surface area (Å²) in [6.07, 6.45) is 0. The summed E-state index contributed by atoms with van der Waals surface area (Å²) in [6, 6.07) is 13.9. The fourth-order valence-electron chi connectivity index (χ4n) is 1.95. The molecule has 98 valence electrons. The first-order valence-corrected chi connectivity index (χ1v) is 6.18. The lowest BCUT2D eigenvalue weighted by molar-refractivity contribution is 0.368. The molecule has 0 saturated carbocycles. The largest absolute Gasteiger partial charge is 0.479 e. The van der Waals surface area contributed by atoms with Gasteiger partial charge in [0.05, 0.1) is 6.54 Å². The van der Waals surface area contributed by atoms with Gasteiger partial charge in [0, 0.05) is 11.4 Å². The van der Waals surface area contributed by atoms with Gasteiger partial charge < -0.3 is 10.2 Å². The van der Waals surface area contributed by atoms with E-state index in [2.05, 4.69) is 36.1 Å². The number of aromatic nitrogens is 1. The molecular weight excluding hydrogens is 238 g/mol. The van der Waals surface area contributed by atoms with E-state index in [9.17, 15) is 0 Å². The van der Waals surface area contributed by atoms with Crippen molar-refractivity contribution in [3.63, 3.8) is 0 Å². The van der Waals surface area contributed by atoms with E-state index in [4.69, 9.17) is 10.00 Å². The summed E-state index contributed by atoms with van der Waals surface area (Å²) in [6.45, 7) is 4.91. The molecule has 19 heavy (non-hydrogen) atoms. The van der Waals surface area contributed by atoms with Crippen molar-refractivity contribution in [3.8, 4) is 11.8 Å². The van der Waals surface area contributed by atoms with Crippen molar-refractivity contribution in [2.45, 2.75) is 20.4 Å². The zero-order valence-electron chi connectivity index (χ0n) is 11.2. The van der Waals surface area contributed by atoms with E-state index < -0.39 is 0 Å². The minimum absolute atomic E-state index is 0.0761. The third-order valence-electron chi connectivity index (χ3n) is 2.91. The van der Waals surface area contributed by atoms with Crippen LogP contribution >= 0.6 is 0 Å². The Morgan fingerprint density at radius 1 is 1.21 bits per heavy atom. The van der Waals surface area contributed by atoms with Crippen LogP contribution in [0.1, 0.15) is 17.0 Å². The van der Waals surface area contributed by atoms with E-state index in [0.717, 1.165) is 11.3 Å². The van der Waals surface area contributed by atoms with Crippen molar-refractivity contribution in [1.82, 2.24) is 4.68 Å². The Morgan fingerprint density at radius 3 is 2.63 bits per heavy atom. The first-order valence-electron chi connectivity index (χ1n) is 6.18. The third kappa shape index (κ3) is 3.29. The van der Waals surface area contributed by atoms with Gasteiger partial charge in [-0.15, -0.1) is 0 Å². The highest BCUT2D eigenvalue weighted by Gasteiger charge is 2.01. The van der Waals surface area contributed by atoms with Gasteiger partial charge >= 0.3 is 0 Å². The zero-order valence-corrected chi connectivity index (χ0v) is 11.2. The van der Waals surface area contributed by atoms with Crippen LogP contribution < -0.4 is 10.2 Å². The lowest BCUT2D eigenvalue weighted by Crippen LogP contribution is -2.16. The molecule has 0 aliphatic rings. The van der Waals surface area contributed by atoms with E-state index in [-0.39, 0.29) is 6.61 Å². The number of nitriles is 1. The molecule has 1 N–H and O–H groups in total. The number of rotatable bonds is 5. The number of nitrogens with zero attached hydrogens (tertiary/aromatic N) is 2. The molecule has 1 aromatic heterocycles. The van der Waals surface area contributed by atoms with Crippen molar-refractivity contribution in [3.05, 3.63) is 53.3 Å². The van der Waals surface area contributed by atoms with E-state index in [1.807, 2.05) is 30.3 Å². The molecule has 0 fully saturated rings. The molecular formula is C15H17N3O. The number of hydrogen-bond donors (Lipinski definition) is 1. The molecule has 1 aromatic carbocycles. The smallest absolute Gasteiger partial charge is 0.174 e. The SMILES string of the molecule is Cc1ccc(C)n1NCc1cccc(OCC#N)c1. The maximum Gasteiger partial charge on any atom is 0.174 e. The number of aryl methyl sites for hydroxylation is 2. The standard InChI is InChI=1S/C15H17N3O/c1-12-6-7-13(2)18(12)17-11-14-4-3-5-15(10-14)19-9-8-16/h3-7,10,17H,9,11H2,1-2H3. The minimum atomic E-state index is 0.0761. The van der Waals surface area contributed by atoms with Crippen LogP contribution in [0.25, 0.3) is 0 Å². The maximum absolute atomic E-state index is 8.50. The fourth-order valence-corrected chi connectivity index (χ4v) is 1.95. The van der Waals surface area contributed by atoms with Gasteiger partial charge in [0.1, 0.15) is 11.8 Å². The first-order chi connectivity index (χ1) is 9.20. The Bertz CT molecular complexity index is 576. The van der Waals surface area contributed by atoms with Gasteiger partial charge in [-0.25, -0.2) is 0 Å². The highest BCUT2D eigenvalue weighted by atomic mass is 16.5. The van der Waals surface area contributed by atoms with Crippen molar-refractivity contribution in [2.24, 2.45) is 0 Å². The lowest BCUT2D eigenvalue weighted by Gasteiger charge is -2.13. The Hall–Kier alpha value is -2.41. The summed E-state index contributed by atoms with van der Waals surface area (Å²) in [7, 11) is 0. The summed E-state index contributed by atoms with van der Waals surface area (Å²) in [5, 5.41) is 8.50. The predicted octanol–water partition coefficient (Wildman–Crippen LogP) is 2.75. The van der Waals surface area contributed by atoms with Crippen molar-refractivity contribution >= 4 is 0 Å². The molecule has 1 heterocycles. The Balaban J connectivity index is 2.02. The number of hydrogen-bond acceptors (Lipinski definition) is 3. The summed E-state index contributed by atoms with van der Waals surface area (Å²) in [4.78, 5) is 0. The van der Waals surface area contributed by atoms with E-state index in [1.54, 1.807) is 0 Å². The van der Waals surface area contributed by atoms with Crippen LogP contribution in [0.15, 0.2) is 36.4 Å². The average Bonchev–Trinajstić information content (AvgIpc) is 2.74. The minimum Gasteiger partial charge on any atom is -0.479 e. The van der Waals surface area contributed by atoms with Crippen LogP contribution in [-0.2, 0) is 6.54 Å². The van der Waals surface area contributed by atoms with Gasteiger partial charge in [-0.2, -0.15) is 5.26 Å². The maximum atomic E-state index is 8.50. The molecule has 4 heteroatoms. The van der Waals surface area contributed by atoms with Crippen molar-refractivity contribution in [2.75, 3.05) is 12.0 Å². The van der Waals surface area contributed by atoms with Gasteiger partial charge in [0.2, 0.25) is 0 Å². The highest BCUT2D eigenvalue weighted by molar-refractivity contribution is 5.29. The first kappa shape index (κ1) is 13.0. The van der Waals surface area contributed by atoms with Crippen LogP contribution in [0.3, 0.4) is 0 Å². The van der Waals surface area contributed by atoms with Crippen molar-refractivity contribution < 1.29 is 4.74 Å². The highest BCUT2D eigenvalue weighted by Crippen LogP contribution is 2.14. The summed E-state index contributed by atoms with van der Waals surface area (Å²) >= 11 is 0. The van der Waals surface area contributed by atoms with Crippen LogP contribution in [0.5, 0.6) is 5.75 Å². The zero-order chi connectivity index (χ0) is 13.7. The molecule has 0 unspecified atom stereocenters. The Kier molecular flexibility index (Phi) is 4.09. The second kappa shape index (κ2) is 5.96. The molecule has 0 saturated heterocycles. The second-order valence-electron chi connectivity index (χ2n) is 4.38. The van der Waals surface area contributed by atoms with Crippen LogP contribution in [-0.4, -0.2) is 11.3 Å². The number of nitrogens with one attached hydrogen (secondary N) is 1. The fraction of sp³-hybridized carbons (Fsp3) is 0.267. The van der Waals surface area contributed by atoms with Crippen LogP contribution in [0.2, 0.25) is 0 Å². The summed E-state index contributed by atoms with van der Waals surface area (Å²) in [5.74, 6) is 0.724.